The summed E-state index contributed by atoms with van der Waals surface area (Å²) in [6.45, 7) is 8.34. The minimum Gasteiger partial charge on any atom is -0.508 e. The van der Waals surface area contributed by atoms with Crippen LogP contribution in [0.15, 0.2) is 54.6 Å². The number of para-hydroxylation sites is 1. The van der Waals surface area contributed by atoms with E-state index in [0.717, 1.165) is 5.56 Å². The molecular formula is C29H39N3O7. The van der Waals surface area contributed by atoms with E-state index >= 15 is 0 Å². The highest BCUT2D eigenvalue weighted by atomic mass is 16.6. The molecule has 0 saturated heterocycles. The van der Waals surface area contributed by atoms with Gasteiger partial charge in [0, 0.05) is 18.0 Å². The van der Waals surface area contributed by atoms with Gasteiger partial charge in [-0.1, -0.05) is 55.5 Å². The highest BCUT2D eigenvalue weighted by Gasteiger charge is 2.39. The number of nitrogens with zero attached hydrogens (tertiary/aromatic N) is 1. The number of amides is 3. The lowest BCUT2D eigenvalue weighted by Crippen LogP contribution is -2.56. The number of phenols is 1. The van der Waals surface area contributed by atoms with Crippen molar-refractivity contribution in [1.29, 1.82) is 0 Å². The summed E-state index contributed by atoms with van der Waals surface area (Å²) in [6.07, 6.45) is -0.191. The third kappa shape index (κ3) is 9.31. The van der Waals surface area contributed by atoms with Gasteiger partial charge in [0.05, 0.1) is 7.11 Å². The second-order valence-electron chi connectivity index (χ2n) is 10.1. The van der Waals surface area contributed by atoms with Gasteiger partial charge in [0.15, 0.2) is 0 Å². The topological polar surface area (TPSA) is 134 Å². The normalized spacial score (nSPS) is 13.4. The Labute approximate surface area is 229 Å². The van der Waals surface area contributed by atoms with Crippen molar-refractivity contribution in [2.24, 2.45) is 0 Å². The number of alkyl carbamates (subject to hydrolysis) is 1. The Kier molecular flexibility index (Phi) is 11.3. The fraction of sp³-hybridized carbons (Fsp3) is 0.448. The van der Waals surface area contributed by atoms with E-state index in [1.807, 2.05) is 37.3 Å². The first-order chi connectivity index (χ1) is 18.4. The molecule has 39 heavy (non-hydrogen) atoms. The maximum absolute atomic E-state index is 14.3. The van der Waals surface area contributed by atoms with E-state index in [2.05, 4.69) is 15.4 Å². The lowest BCUT2D eigenvalue weighted by Gasteiger charge is -2.38. The number of hydrogen-bond donors (Lipinski definition) is 3. The van der Waals surface area contributed by atoms with E-state index in [9.17, 15) is 24.3 Å². The summed E-state index contributed by atoms with van der Waals surface area (Å²) >= 11 is 0. The number of hydrogen-bond acceptors (Lipinski definition) is 7. The maximum atomic E-state index is 14.3. The first kappa shape index (κ1) is 31.1. The van der Waals surface area contributed by atoms with Gasteiger partial charge >= 0.3 is 12.1 Å². The first-order valence-corrected chi connectivity index (χ1v) is 12.9. The number of aromatic hydroxyl groups is 1. The monoisotopic (exact) mass is 541 g/mol. The molecule has 0 aliphatic carbocycles. The molecule has 2 aromatic carbocycles. The number of carbonyl (C=O) groups is 4. The van der Waals surface area contributed by atoms with E-state index in [0.29, 0.717) is 6.42 Å². The first-order valence-electron chi connectivity index (χ1n) is 12.9. The van der Waals surface area contributed by atoms with Crippen molar-refractivity contribution in [3.05, 3.63) is 65.7 Å². The van der Waals surface area contributed by atoms with E-state index in [1.54, 1.807) is 39.8 Å². The molecule has 0 spiro atoms. The van der Waals surface area contributed by atoms with Gasteiger partial charge in [0.25, 0.3) is 0 Å². The van der Waals surface area contributed by atoms with Crippen LogP contribution in [0.25, 0.3) is 0 Å². The molecule has 2 aromatic rings. The number of methoxy groups -OCH3 is 1. The SMILES string of the molecule is CCC(C)N(C(=O)C(Cc1ccccc1)NC(=O)OC(C)(C)C)C(C(=O)NCC(=O)OC)c1ccccc1O. The molecule has 212 valence electrons. The minimum absolute atomic E-state index is 0.128. The lowest BCUT2D eigenvalue weighted by molar-refractivity contribution is -0.146. The van der Waals surface area contributed by atoms with Gasteiger partial charge < -0.3 is 30.1 Å². The van der Waals surface area contributed by atoms with Crippen molar-refractivity contribution < 1.29 is 33.8 Å². The summed E-state index contributed by atoms with van der Waals surface area (Å²) in [5.41, 5.74) is 0.155. The lowest BCUT2D eigenvalue weighted by atomic mass is 9.97. The van der Waals surface area contributed by atoms with Crippen molar-refractivity contribution in [1.82, 2.24) is 15.5 Å². The van der Waals surface area contributed by atoms with Crippen LogP contribution in [-0.2, 0) is 30.3 Å². The highest BCUT2D eigenvalue weighted by molar-refractivity contribution is 5.94. The molecule has 10 heteroatoms. The Morgan fingerprint density at radius 2 is 1.62 bits per heavy atom. The smallest absolute Gasteiger partial charge is 0.408 e. The summed E-state index contributed by atoms with van der Waals surface area (Å²) in [4.78, 5) is 53.7. The van der Waals surface area contributed by atoms with E-state index in [1.165, 1.54) is 24.1 Å². The number of nitrogens with one attached hydrogen (secondary N) is 2. The number of phenolic OH excluding ortho intramolecular Hbond substituents is 1. The highest BCUT2D eigenvalue weighted by Crippen LogP contribution is 2.32. The summed E-state index contributed by atoms with van der Waals surface area (Å²) < 4.78 is 10.0. The fourth-order valence-corrected chi connectivity index (χ4v) is 3.94. The quantitative estimate of drug-likeness (QED) is 0.371. The van der Waals surface area contributed by atoms with Gasteiger partial charge in [-0.3, -0.25) is 14.4 Å². The van der Waals surface area contributed by atoms with Crippen LogP contribution in [0.1, 0.15) is 58.2 Å². The molecule has 0 aliphatic rings. The number of ether oxygens (including phenoxy) is 2. The van der Waals surface area contributed by atoms with Crippen LogP contribution in [0.4, 0.5) is 4.79 Å². The second kappa shape index (κ2) is 14.2. The minimum atomic E-state index is -1.31. The average molecular weight is 542 g/mol. The summed E-state index contributed by atoms with van der Waals surface area (Å²) in [7, 11) is 1.19. The van der Waals surface area contributed by atoms with Crippen LogP contribution >= 0.6 is 0 Å². The van der Waals surface area contributed by atoms with Crippen molar-refractivity contribution in [2.75, 3.05) is 13.7 Å². The van der Waals surface area contributed by atoms with E-state index < -0.39 is 54.1 Å². The van der Waals surface area contributed by atoms with E-state index in [4.69, 9.17) is 4.74 Å². The summed E-state index contributed by atoms with van der Waals surface area (Å²) in [5, 5.41) is 15.9. The number of esters is 1. The van der Waals surface area contributed by atoms with Crippen LogP contribution < -0.4 is 10.6 Å². The number of rotatable bonds is 11. The van der Waals surface area contributed by atoms with E-state index in [-0.39, 0.29) is 17.7 Å². The Hall–Kier alpha value is -4.08. The molecule has 0 aliphatic heterocycles. The van der Waals surface area contributed by atoms with Gasteiger partial charge in [-0.25, -0.2) is 4.79 Å². The summed E-state index contributed by atoms with van der Waals surface area (Å²) in [6, 6.07) is 12.4. The Morgan fingerprint density at radius 3 is 2.18 bits per heavy atom. The molecule has 2 rings (SSSR count). The van der Waals surface area contributed by atoms with Gasteiger partial charge in [-0.2, -0.15) is 0 Å². The Bertz CT molecular complexity index is 1130. The standard InChI is InChI=1S/C29H39N3O7/c1-7-19(2)32(25(21-15-11-12-16-23(21)33)26(35)30-18-24(34)38-6)27(36)22(17-20-13-9-8-10-14-20)31-28(37)39-29(3,4)5/h8-16,19,22,25,33H,7,17-18H2,1-6H3,(H,30,35)(H,31,37). The largest absolute Gasteiger partial charge is 0.508 e. The molecule has 0 radical (unpaired) electrons. The van der Waals surface area contributed by atoms with Crippen LogP contribution in [0, 0.1) is 0 Å². The van der Waals surface area contributed by atoms with Crippen molar-refractivity contribution in [3.63, 3.8) is 0 Å². The molecule has 0 fully saturated rings. The molecule has 3 atom stereocenters. The molecular weight excluding hydrogens is 502 g/mol. The fourth-order valence-electron chi connectivity index (χ4n) is 3.94. The van der Waals surface area contributed by atoms with Crippen molar-refractivity contribution >= 4 is 23.9 Å². The molecule has 3 N–H and O–H groups in total. The van der Waals surface area contributed by atoms with Crippen molar-refractivity contribution in [3.8, 4) is 5.75 Å². The molecule has 0 bridgehead atoms. The van der Waals surface area contributed by atoms with Gasteiger partial charge in [-0.15, -0.1) is 0 Å². The number of carbonyl (C=O) groups excluding carboxylic acids is 4. The molecule has 10 nitrogen and oxygen atoms in total. The Balaban J connectivity index is 2.58. The molecule has 0 heterocycles. The molecule has 0 saturated carbocycles. The van der Waals surface area contributed by atoms with Gasteiger partial charge in [-0.05, 0) is 45.7 Å². The predicted molar refractivity (Wildman–Crippen MR) is 146 cm³/mol. The second-order valence-corrected chi connectivity index (χ2v) is 10.1. The Morgan fingerprint density at radius 1 is 1.00 bits per heavy atom. The summed E-state index contributed by atoms with van der Waals surface area (Å²) in [5.74, 6) is -2.11. The van der Waals surface area contributed by atoms with Crippen LogP contribution in [0.3, 0.4) is 0 Å². The zero-order valence-corrected chi connectivity index (χ0v) is 23.4. The molecule has 3 unspecified atom stereocenters. The number of benzene rings is 2. The predicted octanol–water partition coefficient (Wildman–Crippen LogP) is 3.49. The zero-order valence-electron chi connectivity index (χ0n) is 23.4. The maximum Gasteiger partial charge on any atom is 0.408 e. The molecule has 3 amide bonds. The molecule has 0 aromatic heterocycles. The van der Waals surface area contributed by atoms with Crippen LogP contribution in [-0.4, -0.2) is 65.2 Å². The van der Waals surface area contributed by atoms with Crippen LogP contribution in [0.2, 0.25) is 0 Å². The van der Waals surface area contributed by atoms with Crippen molar-refractivity contribution in [2.45, 2.75) is 71.2 Å². The third-order valence-corrected chi connectivity index (χ3v) is 5.98. The van der Waals surface area contributed by atoms with Gasteiger partial charge in [0.2, 0.25) is 11.8 Å². The van der Waals surface area contributed by atoms with Gasteiger partial charge in [0.1, 0.15) is 30.0 Å². The third-order valence-electron chi connectivity index (χ3n) is 5.98. The zero-order chi connectivity index (χ0) is 29.2. The average Bonchev–Trinajstić information content (AvgIpc) is 2.89. The van der Waals surface area contributed by atoms with Crippen LogP contribution in [0.5, 0.6) is 5.75 Å².